The molecule has 0 unspecified atom stereocenters. The van der Waals surface area contributed by atoms with Gasteiger partial charge in [0.25, 0.3) is 10.0 Å². The van der Waals surface area contributed by atoms with Crippen molar-refractivity contribution < 1.29 is 31.5 Å². The van der Waals surface area contributed by atoms with Crippen LogP contribution in [-0.4, -0.2) is 19.5 Å². The van der Waals surface area contributed by atoms with Gasteiger partial charge < -0.3 is 5.11 Å². The van der Waals surface area contributed by atoms with Crippen molar-refractivity contribution in [2.75, 3.05) is 4.72 Å². The quantitative estimate of drug-likeness (QED) is 0.525. The van der Waals surface area contributed by atoms with E-state index in [2.05, 4.69) is 4.72 Å². The van der Waals surface area contributed by atoms with Crippen LogP contribution in [0.25, 0.3) is 11.1 Å². The van der Waals surface area contributed by atoms with E-state index < -0.39 is 27.7 Å². The molecule has 0 spiro atoms. The predicted octanol–water partition coefficient (Wildman–Crippen LogP) is 5.43. The normalized spacial score (nSPS) is 11.9. The third-order valence-corrected chi connectivity index (χ3v) is 6.06. The molecule has 0 fully saturated rings. The van der Waals surface area contributed by atoms with Gasteiger partial charge in [0.15, 0.2) is 0 Å². The highest BCUT2D eigenvalue weighted by Crippen LogP contribution is 2.31. The van der Waals surface area contributed by atoms with Gasteiger partial charge in [-0.15, -0.1) is 0 Å². The number of nitrogens with one attached hydrogen (secondary N) is 1. The number of carboxylic acid groups (broad SMARTS) is 1. The Hall–Kier alpha value is -3.33. The van der Waals surface area contributed by atoms with Crippen molar-refractivity contribution in [3.63, 3.8) is 0 Å². The fourth-order valence-electron chi connectivity index (χ4n) is 3.03. The summed E-state index contributed by atoms with van der Waals surface area (Å²) < 4.78 is 65.7. The molecule has 0 aliphatic heterocycles. The summed E-state index contributed by atoms with van der Waals surface area (Å²) in [5.41, 5.74) is 1.07. The summed E-state index contributed by atoms with van der Waals surface area (Å²) in [6.07, 6.45) is -3.97. The topological polar surface area (TPSA) is 83.5 Å². The number of halogens is 3. The molecule has 3 aromatic carbocycles. The average molecular weight is 449 g/mol. The molecule has 5 nitrogen and oxygen atoms in total. The monoisotopic (exact) mass is 449 g/mol. The molecule has 9 heteroatoms. The van der Waals surface area contributed by atoms with Gasteiger partial charge in [-0.25, -0.2) is 13.2 Å². The summed E-state index contributed by atoms with van der Waals surface area (Å²) in [6.45, 7) is 1.77. The molecule has 0 saturated carbocycles. The van der Waals surface area contributed by atoms with Crippen molar-refractivity contribution in [2.24, 2.45) is 0 Å². The lowest BCUT2D eigenvalue weighted by Crippen LogP contribution is -2.14. The van der Waals surface area contributed by atoms with E-state index in [9.17, 15) is 31.5 Å². The lowest BCUT2D eigenvalue weighted by molar-refractivity contribution is -0.137. The van der Waals surface area contributed by atoms with Crippen molar-refractivity contribution in [3.8, 4) is 11.1 Å². The van der Waals surface area contributed by atoms with Crippen molar-refractivity contribution in [1.82, 2.24) is 0 Å². The molecule has 162 valence electrons. The molecule has 0 saturated heterocycles. The van der Waals surface area contributed by atoms with E-state index >= 15 is 0 Å². The van der Waals surface area contributed by atoms with Crippen LogP contribution in [0, 0.1) is 0 Å². The maximum Gasteiger partial charge on any atom is 0.416 e. The largest absolute Gasteiger partial charge is 0.478 e. The second kappa shape index (κ2) is 8.43. The number of hydrogen-bond donors (Lipinski definition) is 2. The Morgan fingerprint density at radius 2 is 1.48 bits per heavy atom. The van der Waals surface area contributed by atoms with Crippen molar-refractivity contribution in [3.05, 3.63) is 83.4 Å². The molecule has 0 heterocycles. The second-order valence-electron chi connectivity index (χ2n) is 6.74. The summed E-state index contributed by atoms with van der Waals surface area (Å²) in [5, 5.41) is 9.30. The zero-order chi connectivity index (χ0) is 22.8. The van der Waals surface area contributed by atoms with Crippen molar-refractivity contribution in [1.29, 1.82) is 0 Å². The van der Waals surface area contributed by atoms with Crippen LogP contribution in [0.1, 0.15) is 28.4 Å². The number of carbonyl (C=O) groups is 1. The minimum Gasteiger partial charge on any atom is -0.478 e. The summed E-state index contributed by atoms with van der Waals surface area (Å²) in [7, 11) is -4.03. The number of alkyl halides is 3. The summed E-state index contributed by atoms with van der Waals surface area (Å²) >= 11 is 0. The smallest absolute Gasteiger partial charge is 0.416 e. The number of sulfonamides is 1. The van der Waals surface area contributed by atoms with Crippen LogP contribution in [0.15, 0.2) is 71.6 Å². The minimum atomic E-state index is -4.42. The highest BCUT2D eigenvalue weighted by molar-refractivity contribution is 7.92. The molecule has 31 heavy (non-hydrogen) atoms. The Balaban J connectivity index is 1.82. The molecule has 0 atom stereocenters. The van der Waals surface area contributed by atoms with E-state index in [4.69, 9.17) is 0 Å². The van der Waals surface area contributed by atoms with Crippen LogP contribution in [-0.2, 0) is 22.6 Å². The summed E-state index contributed by atoms with van der Waals surface area (Å²) in [6, 6.07) is 14.6. The zero-order valence-corrected chi connectivity index (χ0v) is 17.1. The Morgan fingerprint density at radius 1 is 0.935 bits per heavy atom. The SMILES string of the molecule is CCc1ccc(S(=O)(=O)Nc2ccc(-c3ccc(C(F)(F)F)cc3)cc2)cc1C(=O)O. The van der Waals surface area contributed by atoms with E-state index in [1.165, 1.54) is 36.4 Å². The van der Waals surface area contributed by atoms with Crippen molar-refractivity contribution >= 4 is 21.7 Å². The van der Waals surface area contributed by atoms with Gasteiger partial charge in [0.05, 0.1) is 16.0 Å². The predicted molar refractivity (Wildman–Crippen MR) is 110 cm³/mol. The Bertz CT molecular complexity index is 1200. The minimum absolute atomic E-state index is 0.0805. The maximum absolute atomic E-state index is 12.7. The molecular formula is C22H18F3NO4S. The third-order valence-electron chi connectivity index (χ3n) is 4.69. The van der Waals surface area contributed by atoms with Gasteiger partial charge in [0, 0.05) is 5.69 Å². The number of aromatic carboxylic acids is 1. The number of rotatable bonds is 6. The Labute approximate surface area is 177 Å². The van der Waals surface area contributed by atoms with Gasteiger partial charge in [0.2, 0.25) is 0 Å². The summed E-state index contributed by atoms with van der Waals surface area (Å²) in [5.74, 6) is -1.21. The number of hydrogen-bond acceptors (Lipinski definition) is 3. The maximum atomic E-state index is 12.7. The van der Waals surface area contributed by atoms with Crippen LogP contribution in [0.3, 0.4) is 0 Å². The van der Waals surface area contributed by atoms with Crippen LogP contribution >= 0.6 is 0 Å². The molecule has 0 radical (unpaired) electrons. The molecule has 0 aliphatic rings. The molecule has 2 N–H and O–H groups in total. The molecular weight excluding hydrogens is 431 g/mol. The van der Waals surface area contributed by atoms with E-state index in [0.717, 1.165) is 18.2 Å². The van der Waals surface area contributed by atoms with Gasteiger partial charge in [-0.1, -0.05) is 37.3 Å². The Kier molecular flexibility index (Phi) is 6.08. The fourth-order valence-corrected chi connectivity index (χ4v) is 4.11. The zero-order valence-electron chi connectivity index (χ0n) is 16.3. The highest BCUT2D eigenvalue weighted by Gasteiger charge is 2.30. The molecule has 0 aliphatic carbocycles. The fraction of sp³-hybridized carbons (Fsp3) is 0.136. The van der Waals surface area contributed by atoms with Crippen LogP contribution < -0.4 is 4.72 Å². The first-order valence-electron chi connectivity index (χ1n) is 9.18. The Morgan fingerprint density at radius 3 is 1.97 bits per heavy atom. The third kappa shape index (κ3) is 5.05. The van der Waals surface area contributed by atoms with E-state index in [1.54, 1.807) is 19.1 Å². The van der Waals surface area contributed by atoms with E-state index in [1.807, 2.05) is 0 Å². The summed E-state index contributed by atoms with van der Waals surface area (Å²) in [4.78, 5) is 11.2. The van der Waals surface area contributed by atoms with Gasteiger partial charge in [0.1, 0.15) is 0 Å². The first kappa shape index (κ1) is 22.4. The average Bonchev–Trinajstić information content (AvgIpc) is 2.73. The standard InChI is InChI=1S/C22H18F3NO4S/c1-2-14-7-12-19(13-20(14)21(27)28)31(29,30)26-18-10-5-16(6-11-18)15-3-8-17(9-4-15)22(23,24)25/h3-13,26H,2H2,1H3,(H,27,28). The number of carboxylic acids is 1. The van der Waals surface area contributed by atoms with Crippen LogP contribution in [0.5, 0.6) is 0 Å². The number of aryl methyl sites for hydroxylation is 1. The second-order valence-corrected chi connectivity index (χ2v) is 8.42. The van der Waals surface area contributed by atoms with Gasteiger partial charge in [-0.3, -0.25) is 4.72 Å². The molecule has 0 bridgehead atoms. The first-order chi connectivity index (χ1) is 14.5. The van der Waals surface area contributed by atoms with Crippen molar-refractivity contribution in [2.45, 2.75) is 24.4 Å². The molecule has 3 rings (SSSR count). The number of benzene rings is 3. The van der Waals surface area contributed by atoms with Crippen LogP contribution in [0.4, 0.5) is 18.9 Å². The highest BCUT2D eigenvalue weighted by atomic mass is 32.2. The lowest BCUT2D eigenvalue weighted by atomic mass is 10.0. The first-order valence-corrected chi connectivity index (χ1v) is 10.7. The molecule has 3 aromatic rings. The van der Waals surface area contributed by atoms with Gasteiger partial charge in [-0.2, -0.15) is 13.2 Å². The van der Waals surface area contributed by atoms with E-state index in [0.29, 0.717) is 23.1 Å². The van der Waals surface area contributed by atoms with Gasteiger partial charge >= 0.3 is 12.1 Å². The van der Waals surface area contributed by atoms with Gasteiger partial charge in [-0.05, 0) is 59.5 Å². The number of anilines is 1. The van der Waals surface area contributed by atoms with Crippen LogP contribution in [0.2, 0.25) is 0 Å². The molecule has 0 amide bonds. The lowest BCUT2D eigenvalue weighted by Gasteiger charge is -2.11. The molecule has 0 aromatic heterocycles. The van der Waals surface area contributed by atoms with E-state index in [-0.39, 0.29) is 16.1 Å².